The van der Waals surface area contributed by atoms with Crippen molar-refractivity contribution in [3.8, 4) is 0 Å². The quantitative estimate of drug-likeness (QED) is 0.764. The first kappa shape index (κ1) is 19.2. The largest absolute Gasteiger partial charge is 0.378 e. The highest BCUT2D eigenvalue weighted by Gasteiger charge is 2.49. The van der Waals surface area contributed by atoms with Crippen LogP contribution in [0, 0.1) is 0 Å². The smallest absolute Gasteiger partial charge is 0.325 e. The van der Waals surface area contributed by atoms with Crippen molar-refractivity contribution in [2.75, 3.05) is 36.5 Å². The minimum absolute atomic E-state index is 0.375. The third kappa shape index (κ3) is 3.75. The van der Waals surface area contributed by atoms with E-state index in [1.807, 2.05) is 31.2 Å². The summed E-state index contributed by atoms with van der Waals surface area (Å²) in [4.78, 5) is 40.5. The van der Waals surface area contributed by atoms with Gasteiger partial charge in [0, 0.05) is 24.5 Å². The van der Waals surface area contributed by atoms with Gasteiger partial charge in [-0.25, -0.2) is 9.69 Å². The van der Waals surface area contributed by atoms with Crippen LogP contribution in [-0.4, -0.2) is 60.6 Å². The van der Waals surface area contributed by atoms with Gasteiger partial charge in [0.1, 0.15) is 11.6 Å². The van der Waals surface area contributed by atoms with Gasteiger partial charge >= 0.3 is 6.03 Å². The van der Waals surface area contributed by atoms with Gasteiger partial charge in [0.2, 0.25) is 5.91 Å². The topological polar surface area (TPSA) is 91.0 Å². The van der Waals surface area contributed by atoms with Crippen LogP contribution in [-0.2, 0) is 14.3 Å². The maximum absolute atomic E-state index is 12.6. The van der Waals surface area contributed by atoms with Gasteiger partial charge < -0.3 is 20.3 Å². The van der Waals surface area contributed by atoms with Crippen LogP contribution in [0.1, 0.15) is 27.2 Å². The Morgan fingerprint density at radius 2 is 1.89 bits per heavy atom. The van der Waals surface area contributed by atoms with Crippen LogP contribution in [0.5, 0.6) is 0 Å². The highest BCUT2D eigenvalue weighted by molar-refractivity contribution is 6.10. The molecule has 0 spiro atoms. The first-order valence-electron chi connectivity index (χ1n) is 9.25. The zero-order valence-corrected chi connectivity index (χ0v) is 15.9. The van der Waals surface area contributed by atoms with Crippen LogP contribution in [0.4, 0.5) is 16.2 Å². The molecule has 2 aliphatic rings. The van der Waals surface area contributed by atoms with Crippen molar-refractivity contribution in [1.82, 2.24) is 10.2 Å². The first-order chi connectivity index (χ1) is 12.9. The Hall–Kier alpha value is -2.61. The molecule has 0 unspecified atom stereocenters. The van der Waals surface area contributed by atoms with E-state index < -0.39 is 23.5 Å². The summed E-state index contributed by atoms with van der Waals surface area (Å²) < 4.78 is 5.35. The number of hydrogen-bond donors (Lipinski definition) is 2. The number of anilines is 2. The minimum Gasteiger partial charge on any atom is -0.378 e. The molecule has 146 valence electrons. The predicted molar refractivity (Wildman–Crippen MR) is 102 cm³/mol. The Labute approximate surface area is 158 Å². The maximum Gasteiger partial charge on any atom is 0.325 e. The highest BCUT2D eigenvalue weighted by atomic mass is 16.5. The molecule has 1 aromatic carbocycles. The third-order valence-corrected chi connectivity index (χ3v) is 5.28. The fraction of sp³-hybridized carbons (Fsp3) is 0.526. The molecule has 0 aliphatic carbocycles. The number of morpholine rings is 1. The minimum atomic E-state index is -0.953. The zero-order valence-electron chi connectivity index (χ0n) is 15.9. The summed E-state index contributed by atoms with van der Waals surface area (Å²) in [6.07, 6.45) is 0.464. The summed E-state index contributed by atoms with van der Waals surface area (Å²) in [5.74, 6) is -0.779. The molecular weight excluding hydrogens is 348 g/mol. The van der Waals surface area contributed by atoms with Crippen LogP contribution >= 0.6 is 0 Å². The second-order valence-corrected chi connectivity index (χ2v) is 7.10. The summed E-state index contributed by atoms with van der Waals surface area (Å²) in [6.45, 7) is 8.13. The fourth-order valence-electron chi connectivity index (χ4n) is 3.24. The van der Waals surface area contributed by atoms with Crippen molar-refractivity contribution in [1.29, 1.82) is 0 Å². The number of rotatable bonds is 5. The van der Waals surface area contributed by atoms with Crippen molar-refractivity contribution in [2.24, 2.45) is 0 Å². The number of imide groups is 1. The number of nitrogens with zero attached hydrogens (tertiary/aromatic N) is 2. The predicted octanol–water partition coefficient (Wildman–Crippen LogP) is 1.57. The van der Waals surface area contributed by atoms with Gasteiger partial charge in [-0.05, 0) is 44.5 Å². The number of urea groups is 1. The average Bonchev–Trinajstić information content (AvgIpc) is 2.91. The van der Waals surface area contributed by atoms with Crippen LogP contribution < -0.4 is 15.5 Å². The molecule has 2 heterocycles. The van der Waals surface area contributed by atoms with Crippen molar-refractivity contribution in [3.05, 3.63) is 24.3 Å². The lowest BCUT2D eigenvalue weighted by Gasteiger charge is -2.29. The van der Waals surface area contributed by atoms with Gasteiger partial charge in [-0.1, -0.05) is 6.92 Å². The number of benzene rings is 1. The van der Waals surface area contributed by atoms with Crippen molar-refractivity contribution in [2.45, 2.75) is 38.8 Å². The number of ether oxygens (including phenoxy) is 1. The SMILES string of the molecule is CC[C@]1(C)NC(=O)N([C@@H](C)C(=O)Nc2ccc(N3CCOCC3)cc2)C1=O. The van der Waals surface area contributed by atoms with E-state index in [1.54, 1.807) is 13.8 Å². The number of carbonyl (C=O) groups excluding carboxylic acids is 3. The summed E-state index contributed by atoms with van der Waals surface area (Å²) >= 11 is 0. The van der Waals surface area contributed by atoms with Crippen molar-refractivity contribution >= 4 is 29.2 Å². The van der Waals surface area contributed by atoms with E-state index >= 15 is 0 Å². The molecule has 0 aromatic heterocycles. The fourth-order valence-corrected chi connectivity index (χ4v) is 3.24. The Morgan fingerprint density at radius 3 is 2.44 bits per heavy atom. The van der Waals surface area contributed by atoms with Crippen LogP contribution in [0.25, 0.3) is 0 Å². The Morgan fingerprint density at radius 1 is 1.26 bits per heavy atom. The van der Waals surface area contributed by atoms with Gasteiger partial charge in [0.25, 0.3) is 5.91 Å². The maximum atomic E-state index is 12.6. The Balaban J connectivity index is 1.64. The standard InChI is InChI=1S/C19H26N4O4/c1-4-19(3)17(25)23(18(26)21-19)13(2)16(24)20-14-5-7-15(8-6-14)22-9-11-27-12-10-22/h5-8,13H,4,9-12H2,1-3H3,(H,20,24)(H,21,26)/t13-,19-/m0/s1. The number of nitrogens with one attached hydrogen (secondary N) is 2. The van der Waals surface area contributed by atoms with E-state index in [1.165, 1.54) is 0 Å². The van der Waals surface area contributed by atoms with Crippen molar-refractivity contribution < 1.29 is 19.1 Å². The van der Waals surface area contributed by atoms with Gasteiger partial charge in [-0.15, -0.1) is 0 Å². The molecule has 4 amide bonds. The zero-order chi connectivity index (χ0) is 19.6. The van der Waals surface area contributed by atoms with Gasteiger partial charge in [-0.2, -0.15) is 0 Å². The molecule has 3 rings (SSSR count). The molecule has 27 heavy (non-hydrogen) atoms. The van der Waals surface area contributed by atoms with E-state index in [-0.39, 0.29) is 5.91 Å². The van der Waals surface area contributed by atoms with E-state index in [2.05, 4.69) is 15.5 Å². The second-order valence-electron chi connectivity index (χ2n) is 7.10. The van der Waals surface area contributed by atoms with E-state index in [0.29, 0.717) is 25.3 Å². The van der Waals surface area contributed by atoms with Gasteiger partial charge in [0.15, 0.2) is 0 Å². The third-order valence-electron chi connectivity index (χ3n) is 5.28. The molecule has 1 aromatic rings. The lowest BCUT2D eigenvalue weighted by Crippen LogP contribution is -2.47. The van der Waals surface area contributed by atoms with Crippen LogP contribution in [0.3, 0.4) is 0 Å². The number of amides is 4. The molecule has 8 heteroatoms. The Kier molecular flexibility index (Phi) is 5.36. The normalized spacial score (nSPS) is 24.0. The Bertz CT molecular complexity index is 730. The highest BCUT2D eigenvalue weighted by Crippen LogP contribution is 2.24. The summed E-state index contributed by atoms with van der Waals surface area (Å²) in [5.41, 5.74) is 0.733. The van der Waals surface area contributed by atoms with E-state index in [4.69, 9.17) is 4.74 Å². The van der Waals surface area contributed by atoms with Crippen LogP contribution in [0.2, 0.25) is 0 Å². The summed E-state index contributed by atoms with van der Waals surface area (Å²) in [6, 6.07) is 6.08. The molecule has 2 atom stereocenters. The molecule has 2 saturated heterocycles. The molecule has 0 radical (unpaired) electrons. The van der Waals surface area contributed by atoms with Crippen molar-refractivity contribution in [3.63, 3.8) is 0 Å². The van der Waals surface area contributed by atoms with E-state index in [0.717, 1.165) is 23.7 Å². The number of hydrogen-bond acceptors (Lipinski definition) is 5. The second kappa shape index (κ2) is 7.56. The molecular formula is C19H26N4O4. The lowest BCUT2D eigenvalue weighted by atomic mass is 9.99. The molecule has 2 N–H and O–H groups in total. The summed E-state index contributed by atoms with van der Waals surface area (Å²) in [5, 5.41) is 5.44. The van der Waals surface area contributed by atoms with Gasteiger partial charge in [-0.3, -0.25) is 9.59 Å². The molecule has 0 saturated carbocycles. The average molecular weight is 374 g/mol. The molecule has 0 bridgehead atoms. The van der Waals surface area contributed by atoms with Gasteiger partial charge in [0.05, 0.1) is 13.2 Å². The lowest BCUT2D eigenvalue weighted by molar-refractivity contribution is -0.136. The first-order valence-corrected chi connectivity index (χ1v) is 9.25. The molecule has 2 fully saturated rings. The van der Waals surface area contributed by atoms with Crippen LogP contribution in [0.15, 0.2) is 24.3 Å². The molecule has 8 nitrogen and oxygen atoms in total. The molecule has 2 aliphatic heterocycles. The summed E-state index contributed by atoms with van der Waals surface area (Å²) in [7, 11) is 0. The van der Waals surface area contributed by atoms with E-state index in [9.17, 15) is 14.4 Å². The monoisotopic (exact) mass is 374 g/mol. The number of carbonyl (C=O) groups is 3.